The summed E-state index contributed by atoms with van der Waals surface area (Å²) in [6.45, 7) is 1.88. The summed E-state index contributed by atoms with van der Waals surface area (Å²) in [5, 5.41) is 5.93. The molecule has 0 amide bonds. The van der Waals surface area contributed by atoms with Crippen molar-refractivity contribution in [3.05, 3.63) is 17.0 Å². The highest BCUT2D eigenvalue weighted by Gasteiger charge is 2.66. The Bertz CT molecular complexity index is 469. The molecule has 0 saturated heterocycles. The number of aromatic nitrogens is 2. The molecule has 86 valence electrons. The summed E-state index contributed by atoms with van der Waals surface area (Å²) in [7, 11) is 0. The van der Waals surface area contributed by atoms with Crippen LogP contribution in [-0.4, -0.2) is 22.8 Å². The van der Waals surface area contributed by atoms with Gasteiger partial charge in [0.05, 0.1) is 6.61 Å². The lowest BCUT2D eigenvalue weighted by atomic mass is 10.1. The number of H-pyrrole nitrogens is 1. The molecule has 2 aliphatic rings. The Hall–Kier alpha value is -1.46. The van der Waals surface area contributed by atoms with Crippen molar-refractivity contribution < 1.29 is 18.3 Å². The number of carbonyl (C=O) groups excluding carboxylic acids is 1. The second-order valence-corrected chi connectivity index (χ2v) is 4.15. The normalized spacial score (nSPS) is 28.4. The first kappa shape index (κ1) is 9.74. The Morgan fingerprint density at radius 1 is 1.69 bits per heavy atom. The van der Waals surface area contributed by atoms with Gasteiger partial charge in [-0.2, -0.15) is 13.9 Å². The molecule has 1 saturated carbocycles. The predicted molar refractivity (Wildman–Crippen MR) is 49.3 cm³/mol. The van der Waals surface area contributed by atoms with Crippen LogP contribution in [0, 0.1) is 5.92 Å². The highest BCUT2D eigenvalue weighted by Crippen LogP contribution is 2.67. The molecule has 1 aromatic rings. The third-order valence-electron chi connectivity index (χ3n) is 3.23. The molecule has 1 unspecified atom stereocenters. The summed E-state index contributed by atoms with van der Waals surface area (Å²) in [4.78, 5) is 11.5. The standard InChI is InChI=1S/C10H10F2N2O2/c1-2-16-9(15)7-6-4-3-5(4)10(11,12)8(6)14-13-7/h4-5H,2-3H2,1H3,(H,13,14)/t4-,5?/m0/s1. The minimum absolute atomic E-state index is 0.0292. The van der Waals surface area contributed by atoms with Gasteiger partial charge in [0.2, 0.25) is 0 Å². The molecular formula is C10H10F2N2O2. The van der Waals surface area contributed by atoms with Crippen molar-refractivity contribution in [1.29, 1.82) is 0 Å². The number of nitrogens with one attached hydrogen (secondary N) is 1. The van der Waals surface area contributed by atoms with E-state index in [-0.39, 0.29) is 23.9 Å². The maximum atomic E-state index is 13.6. The predicted octanol–water partition coefficient (Wildman–Crippen LogP) is 1.80. The average Bonchev–Trinajstić information content (AvgIpc) is 2.84. The minimum atomic E-state index is -2.86. The van der Waals surface area contributed by atoms with E-state index in [1.165, 1.54) is 0 Å². The van der Waals surface area contributed by atoms with Crippen molar-refractivity contribution in [2.24, 2.45) is 5.92 Å². The fraction of sp³-hybridized carbons (Fsp3) is 0.600. The monoisotopic (exact) mass is 228 g/mol. The number of nitrogens with zero attached hydrogens (tertiary/aromatic N) is 1. The van der Waals surface area contributed by atoms with E-state index in [9.17, 15) is 13.6 Å². The van der Waals surface area contributed by atoms with Crippen LogP contribution in [0.1, 0.15) is 41.0 Å². The molecule has 0 bridgehead atoms. The number of alkyl halides is 2. The molecule has 1 aromatic heterocycles. The summed E-state index contributed by atoms with van der Waals surface area (Å²) >= 11 is 0. The Balaban J connectivity index is 2.03. The van der Waals surface area contributed by atoms with Crippen molar-refractivity contribution in [3.8, 4) is 0 Å². The summed E-state index contributed by atoms with van der Waals surface area (Å²) in [6, 6.07) is 0. The Morgan fingerprint density at radius 3 is 3.12 bits per heavy atom. The van der Waals surface area contributed by atoms with E-state index in [4.69, 9.17) is 4.74 Å². The van der Waals surface area contributed by atoms with E-state index >= 15 is 0 Å². The van der Waals surface area contributed by atoms with Crippen LogP contribution < -0.4 is 0 Å². The molecule has 1 fully saturated rings. The molecule has 4 nitrogen and oxygen atoms in total. The Labute approximate surface area is 90.0 Å². The number of rotatable bonds is 2. The van der Waals surface area contributed by atoms with Crippen LogP contribution in [-0.2, 0) is 10.7 Å². The molecule has 1 heterocycles. The Morgan fingerprint density at radius 2 is 2.44 bits per heavy atom. The van der Waals surface area contributed by atoms with E-state index < -0.39 is 17.8 Å². The summed E-state index contributed by atoms with van der Waals surface area (Å²) in [6.07, 6.45) is 0.436. The van der Waals surface area contributed by atoms with Gasteiger partial charge in [0, 0.05) is 11.5 Å². The highest BCUT2D eigenvalue weighted by atomic mass is 19.3. The lowest BCUT2D eigenvalue weighted by Gasteiger charge is -2.09. The topological polar surface area (TPSA) is 55.0 Å². The second-order valence-electron chi connectivity index (χ2n) is 4.15. The number of fused-ring (bicyclic) bond motifs is 3. The van der Waals surface area contributed by atoms with Gasteiger partial charge in [-0.25, -0.2) is 4.79 Å². The van der Waals surface area contributed by atoms with Gasteiger partial charge in [-0.15, -0.1) is 0 Å². The number of hydrogen-bond donors (Lipinski definition) is 1. The number of hydrogen-bond acceptors (Lipinski definition) is 3. The zero-order chi connectivity index (χ0) is 11.5. The van der Waals surface area contributed by atoms with Gasteiger partial charge in [0.15, 0.2) is 5.69 Å². The molecule has 2 atom stereocenters. The number of esters is 1. The molecule has 0 spiro atoms. The SMILES string of the molecule is CCOC(=O)c1n[nH]c2c1[C@H]1CC1C2(F)F. The van der Waals surface area contributed by atoms with Gasteiger partial charge in [-0.1, -0.05) is 0 Å². The van der Waals surface area contributed by atoms with Crippen LogP contribution in [0.4, 0.5) is 8.78 Å². The van der Waals surface area contributed by atoms with Crippen LogP contribution >= 0.6 is 0 Å². The summed E-state index contributed by atoms with van der Waals surface area (Å²) < 4.78 is 32.0. The lowest BCUT2D eigenvalue weighted by Crippen LogP contribution is -2.14. The van der Waals surface area contributed by atoms with Gasteiger partial charge in [0.25, 0.3) is 5.92 Å². The summed E-state index contributed by atoms with van der Waals surface area (Å²) in [5.41, 5.74) is 0.201. The van der Waals surface area contributed by atoms with Gasteiger partial charge < -0.3 is 4.74 Å². The van der Waals surface area contributed by atoms with Crippen molar-refractivity contribution in [3.63, 3.8) is 0 Å². The van der Waals surface area contributed by atoms with Crippen molar-refractivity contribution in [2.45, 2.75) is 25.2 Å². The molecule has 6 heteroatoms. The van der Waals surface area contributed by atoms with Gasteiger partial charge >= 0.3 is 5.97 Å². The maximum absolute atomic E-state index is 13.6. The van der Waals surface area contributed by atoms with E-state index in [1.54, 1.807) is 6.92 Å². The first-order valence-corrected chi connectivity index (χ1v) is 5.21. The largest absolute Gasteiger partial charge is 0.461 e. The van der Waals surface area contributed by atoms with Gasteiger partial charge in [-0.3, -0.25) is 5.10 Å². The smallest absolute Gasteiger partial charge is 0.359 e. The van der Waals surface area contributed by atoms with Crippen molar-refractivity contribution in [2.75, 3.05) is 6.61 Å². The van der Waals surface area contributed by atoms with Crippen molar-refractivity contribution >= 4 is 5.97 Å². The van der Waals surface area contributed by atoms with Crippen LogP contribution in [0.5, 0.6) is 0 Å². The molecule has 16 heavy (non-hydrogen) atoms. The van der Waals surface area contributed by atoms with Gasteiger partial charge in [-0.05, 0) is 19.3 Å². The quantitative estimate of drug-likeness (QED) is 0.785. The first-order valence-electron chi connectivity index (χ1n) is 5.21. The minimum Gasteiger partial charge on any atom is -0.461 e. The number of aromatic amines is 1. The third kappa shape index (κ3) is 1.02. The molecule has 0 radical (unpaired) electrons. The van der Waals surface area contributed by atoms with E-state index in [2.05, 4.69) is 10.2 Å². The maximum Gasteiger partial charge on any atom is 0.359 e. The molecular weight excluding hydrogens is 218 g/mol. The third-order valence-corrected chi connectivity index (χ3v) is 3.23. The van der Waals surface area contributed by atoms with Crippen LogP contribution in [0.25, 0.3) is 0 Å². The number of halogens is 2. The summed E-state index contributed by atoms with van der Waals surface area (Å²) in [5.74, 6) is -4.35. The van der Waals surface area contributed by atoms with Crippen molar-refractivity contribution in [1.82, 2.24) is 10.2 Å². The van der Waals surface area contributed by atoms with Crippen LogP contribution in [0.3, 0.4) is 0 Å². The molecule has 2 aliphatic carbocycles. The van der Waals surface area contributed by atoms with E-state index in [1.807, 2.05) is 0 Å². The van der Waals surface area contributed by atoms with Crippen LogP contribution in [0.2, 0.25) is 0 Å². The first-order chi connectivity index (χ1) is 7.57. The van der Waals surface area contributed by atoms with Gasteiger partial charge in [0.1, 0.15) is 5.69 Å². The number of carbonyl (C=O) groups is 1. The Kier molecular flexibility index (Phi) is 1.71. The fourth-order valence-electron chi connectivity index (χ4n) is 2.42. The zero-order valence-electron chi connectivity index (χ0n) is 8.59. The van der Waals surface area contributed by atoms with Crippen LogP contribution in [0.15, 0.2) is 0 Å². The molecule has 0 aliphatic heterocycles. The molecule has 1 N–H and O–H groups in total. The fourth-order valence-corrected chi connectivity index (χ4v) is 2.42. The second kappa shape index (κ2) is 2.81. The van der Waals surface area contributed by atoms with E-state index in [0.29, 0.717) is 12.0 Å². The molecule has 0 aromatic carbocycles. The number of ether oxygens (including phenoxy) is 1. The highest BCUT2D eigenvalue weighted by molar-refractivity contribution is 5.90. The average molecular weight is 228 g/mol. The molecule has 3 rings (SSSR count). The zero-order valence-corrected chi connectivity index (χ0v) is 8.59. The lowest BCUT2D eigenvalue weighted by molar-refractivity contribution is -0.0268. The van der Waals surface area contributed by atoms with E-state index in [0.717, 1.165) is 0 Å².